The van der Waals surface area contributed by atoms with Crippen molar-refractivity contribution in [3.63, 3.8) is 0 Å². The lowest BCUT2D eigenvalue weighted by Crippen LogP contribution is -2.29. The summed E-state index contributed by atoms with van der Waals surface area (Å²) in [6.45, 7) is 2.56. The summed E-state index contributed by atoms with van der Waals surface area (Å²) in [6, 6.07) is 5.81. The van der Waals surface area contributed by atoms with Gasteiger partial charge in [-0.3, -0.25) is 0 Å². The molecule has 0 bridgehead atoms. The van der Waals surface area contributed by atoms with Gasteiger partial charge in [-0.1, -0.05) is 23.7 Å². The number of anilines is 1. The number of ether oxygens (including phenoxy) is 1. The molecule has 1 aromatic carbocycles. The smallest absolute Gasteiger partial charge is 0.0696 e. The summed E-state index contributed by atoms with van der Waals surface area (Å²) < 4.78 is 5.14. The van der Waals surface area contributed by atoms with Gasteiger partial charge in [0.25, 0.3) is 0 Å². The molecule has 4 heteroatoms. The Morgan fingerprint density at radius 3 is 2.83 bits per heavy atom. The number of hydrogen-bond acceptors (Lipinski definition) is 3. The van der Waals surface area contributed by atoms with E-state index in [2.05, 4.69) is 11.0 Å². The van der Waals surface area contributed by atoms with E-state index in [0.29, 0.717) is 5.02 Å². The van der Waals surface area contributed by atoms with Crippen molar-refractivity contribution < 1.29 is 9.84 Å². The maximum Gasteiger partial charge on any atom is 0.0696 e. The van der Waals surface area contributed by atoms with E-state index in [1.165, 1.54) is 5.57 Å². The number of methoxy groups -OCH3 is 1. The highest BCUT2D eigenvalue weighted by molar-refractivity contribution is 6.31. The van der Waals surface area contributed by atoms with Gasteiger partial charge in [-0.05, 0) is 29.7 Å². The lowest BCUT2D eigenvalue weighted by Gasteiger charge is -2.28. The number of nitrogens with zero attached hydrogens (tertiary/aromatic N) is 1. The molecule has 0 spiro atoms. The van der Waals surface area contributed by atoms with Crippen molar-refractivity contribution in [3.05, 3.63) is 40.4 Å². The van der Waals surface area contributed by atoms with Gasteiger partial charge in [0.1, 0.15) is 0 Å². The number of halogens is 1. The minimum absolute atomic E-state index is 0.0169. The van der Waals surface area contributed by atoms with Gasteiger partial charge in [-0.25, -0.2) is 0 Å². The molecule has 1 N–H and O–H groups in total. The Morgan fingerprint density at radius 2 is 2.28 bits per heavy atom. The molecule has 0 aromatic heterocycles. The highest BCUT2D eigenvalue weighted by Gasteiger charge is 2.13. The van der Waals surface area contributed by atoms with Crippen molar-refractivity contribution in [1.82, 2.24) is 0 Å². The van der Waals surface area contributed by atoms with Crippen LogP contribution in [0.2, 0.25) is 5.02 Å². The molecule has 0 unspecified atom stereocenters. The zero-order valence-corrected chi connectivity index (χ0v) is 11.3. The normalized spacial score (nSPS) is 15.7. The van der Waals surface area contributed by atoms with Crippen LogP contribution in [0.25, 0.3) is 0 Å². The van der Waals surface area contributed by atoms with E-state index < -0.39 is 0 Å². The molecule has 1 aromatic rings. The van der Waals surface area contributed by atoms with Crippen LogP contribution in [0.3, 0.4) is 0 Å². The Morgan fingerprint density at radius 1 is 1.44 bits per heavy atom. The first kappa shape index (κ1) is 13.4. The van der Waals surface area contributed by atoms with Gasteiger partial charge >= 0.3 is 0 Å². The first-order chi connectivity index (χ1) is 8.74. The Labute approximate surface area is 113 Å². The molecular weight excluding hydrogens is 250 g/mol. The van der Waals surface area contributed by atoms with E-state index in [9.17, 15) is 0 Å². The molecule has 98 valence electrons. The van der Waals surface area contributed by atoms with E-state index in [4.69, 9.17) is 21.4 Å². The molecule has 3 nitrogen and oxygen atoms in total. The molecule has 0 fully saturated rings. The van der Waals surface area contributed by atoms with Crippen LogP contribution >= 0.6 is 11.6 Å². The van der Waals surface area contributed by atoms with E-state index in [1.54, 1.807) is 7.11 Å². The van der Waals surface area contributed by atoms with Crippen LogP contribution in [0.1, 0.15) is 12.0 Å². The molecule has 0 atom stereocenters. The molecule has 2 rings (SSSR count). The van der Waals surface area contributed by atoms with E-state index in [0.717, 1.165) is 37.4 Å². The van der Waals surface area contributed by atoms with Gasteiger partial charge in [-0.2, -0.15) is 0 Å². The fraction of sp³-hybridized carbons (Fsp3) is 0.429. The van der Waals surface area contributed by atoms with Crippen LogP contribution < -0.4 is 4.90 Å². The first-order valence-electron chi connectivity index (χ1n) is 6.05. The van der Waals surface area contributed by atoms with Crippen LogP contribution in [0.4, 0.5) is 5.69 Å². The zero-order valence-electron chi connectivity index (χ0n) is 10.5. The summed E-state index contributed by atoms with van der Waals surface area (Å²) in [5, 5.41) is 9.72. The molecule has 0 saturated heterocycles. The maximum atomic E-state index is 9.09. The van der Waals surface area contributed by atoms with Crippen molar-refractivity contribution >= 4 is 17.3 Å². The van der Waals surface area contributed by atoms with Crippen molar-refractivity contribution in [2.75, 3.05) is 31.7 Å². The molecule has 18 heavy (non-hydrogen) atoms. The average molecular weight is 268 g/mol. The SMILES string of the molecule is COCC1=CCN(c2ccc(CO)c(Cl)c2)CC1. The second-order valence-corrected chi connectivity index (χ2v) is 4.83. The fourth-order valence-electron chi connectivity index (χ4n) is 2.12. The second kappa shape index (κ2) is 6.23. The average Bonchev–Trinajstić information content (AvgIpc) is 2.40. The largest absolute Gasteiger partial charge is 0.392 e. The topological polar surface area (TPSA) is 32.7 Å². The summed E-state index contributed by atoms with van der Waals surface area (Å²) in [7, 11) is 1.72. The number of benzene rings is 1. The Kier molecular flexibility index (Phi) is 4.64. The lowest BCUT2D eigenvalue weighted by atomic mass is 10.1. The van der Waals surface area contributed by atoms with E-state index in [-0.39, 0.29) is 6.61 Å². The van der Waals surface area contributed by atoms with Gasteiger partial charge in [0.05, 0.1) is 13.2 Å². The second-order valence-electron chi connectivity index (χ2n) is 4.43. The third-order valence-corrected chi connectivity index (χ3v) is 3.56. The highest BCUT2D eigenvalue weighted by atomic mass is 35.5. The Balaban J connectivity index is 2.07. The van der Waals surface area contributed by atoms with Gasteiger partial charge in [0.15, 0.2) is 0 Å². The van der Waals surface area contributed by atoms with Gasteiger partial charge in [0, 0.05) is 30.9 Å². The number of hydrogen-bond donors (Lipinski definition) is 1. The molecular formula is C14H18ClNO2. The standard InChI is InChI=1S/C14H18ClNO2/c1-18-10-11-4-6-16(7-5-11)13-3-2-12(9-17)14(15)8-13/h2-4,8,17H,5-7,9-10H2,1H3. The third-order valence-electron chi connectivity index (χ3n) is 3.21. The zero-order chi connectivity index (χ0) is 13.0. The van der Waals surface area contributed by atoms with Crippen LogP contribution in [0.5, 0.6) is 0 Å². The predicted molar refractivity (Wildman–Crippen MR) is 74.2 cm³/mol. The monoisotopic (exact) mass is 267 g/mol. The van der Waals surface area contributed by atoms with Gasteiger partial charge < -0.3 is 14.7 Å². The third kappa shape index (κ3) is 3.05. The van der Waals surface area contributed by atoms with Crippen LogP contribution in [0.15, 0.2) is 29.8 Å². The molecule has 0 amide bonds. The quantitative estimate of drug-likeness (QED) is 0.852. The minimum Gasteiger partial charge on any atom is -0.392 e. The lowest BCUT2D eigenvalue weighted by molar-refractivity contribution is 0.222. The van der Waals surface area contributed by atoms with Crippen LogP contribution in [0, 0.1) is 0 Å². The predicted octanol–water partition coefficient (Wildman–Crippen LogP) is 2.62. The van der Waals surface area contributed by atoms with Gasteiger partial charge in [0.2, 0.25) is 0 Å². The molecule has 0 radical (unpaired) electrons. The van der Waals surface area contributed by atoms with Crippen molar-refractivity contribution in [2.45, 2.75) is 13.0 Å². The maximum absolute atomic E-state index is 9.09. The molecule has 1 aliphatic heterocycles. The van der Waals surface area contributed by atoms with Crippen molar-refractivity contribution in [3.8, 4) is 0 Å². The summed E-state index contributed by atoms with van der Waals surface area (Å²) in [6.07, 6.45) is 3.23. The van der Waals surface area contributed by atoms with Gasteiger partial charge in [-0.15, -0.1) is 0 Å². The van der Waals surface area contributed by atoms with E-state index >= 15 is 0 Å². The number of aliphatic hydroxyl groups is 1. The molecule has 0 aliphatic carbocycles. The highest BCUT2D eigenvalue weighted by Crippen LogP contribution is 2.26. The van der Waals surface area contributed by atoms with E-state index in [1.807, 2.05) is 18.2 Å². The summed E-state index contributed by atoms with van der Waals surface area (Å²) in [5.74, 6) is 0. The summed E-state index contributed by atoms with van der Waals surface area (Å²) in [4.78, 5) is 2.27. The molecule has 1 heterocycles. The first-order valence-corrected chi connectivity index (χ1v) is 6.43. The number of rotatable bonds is 4. The Hall–Kier alpha value is -1.03. The summed E-state index contributed by atoms with van der Waals surface area (Å²) >= 11 is 6.11. The summed E-state index contributed by atoms with van der Waals surface area (Å²) in [5.41, 5.74) is 3.23. The van der Waals surface area contributed by atoms with Crippen LogP contribution in [-0.4, -0.2) is 31.9 Å². The number of aliphatic hydroxyl groups excluding tert-OH is 1. The van der Waals surface area contributed by atoms with Crippen molar-refractivity contribution in [2.24, 2.45) is 0 Å². The van der Waals surface area contributed by atoms with Crippen LogP contribution in [-0.2, 0) is 11.3 Å². The minimum atomic E-state index is -0.0169. The fourth-order valence-corrected chi connectivity index (χ4v) is 2.36. The molecule has 1 aliphatic rings. The van der Waals surface area contributed by atoms with Crippen molar-refractivity contribution in [1.29, 1.82) is 0 Å². The molecule has 0 saturated carbocycles. The Bertz CT molecular complexity index is 445.